The Morgan fingerprint density at radius 3 is 2.67 bits per heavy atom. The lowest BCUT2D eigenvalue weighted by Gasteiger charge is -1.93. The van der Waals surface area contributed by atoms with Crippen molar-refractivity contribution >= 4 is 0 Å². The number of nitriles is 1. The molecule has 0 amide bonds. The van der Waals surface area contributed by atoms with Crippen molar-refractivity contribution < 1.29 is 4.74 Å². The maximum atomic E-state index is 8.50. The van der Waals surface area contributed by atoms with E-state index in [2.05, 4.69) is 6.07 Å². The monoisotopic (exact) mass is 126 g/mol. The molecule has 1 fully saturated rings. The molecule has 3 nitrogen and oxygen atoms in total. The van der Waals surface area contributed by atoms with Crippen LogP contribution in [0.1, 0.15) is 13.3 Å². The molecule has 1 saturated heterocycles. The zero-order valence-electron chi connectivity index (χ0n) is 5.42. The summed E-state index contributed by atoms with van der Waals surface area (Å²) in [7, 11) is 0. The van der Waals surface area contributed by atoms with E-state index in [0.29, 0.717) is 6.54 Å². The summed E-state index contributed by atoms with van der Waals surface area (Å²) >= 11 is 0. The lowest BCUT2D eigenvalue weighted by Crippen LogP contribution is -2.24. The van der Waals surface area contributed by atoms with Crippen LogP contribution in [0.4, 0.5) is 0 Å². The highest BCUT2D eigenvalue weighted by Crippen LogP contribution is 2.36. The molecule has 2 N–H and O–H groups in total. The summed E-state index contributed by atoms with van der Waals surface area (Å²) in [5.74, 6) is 0. The van der Waals surface area contributed by atoms with E-state index in [1.165, 1.54) is 0 Å². The zero-order chi connectivity index (χ0) is 6.91. The second kappa shape index (κ2) is 1.98. The Bertz CT molecular complexity index is 152. The van der Waals surface area contributed by atoms with Gasteiger partial charge in [0.1, 0.15) is 12.2 Å². The van der Waals surface area contributed by atoms with Gasteiger partial charge in [-0.3, -0.25) is 0 Å². The number of ether oxygens (including phenoxy) is 1. The largest absolute Gasteiger partial charge is 0.349 e. The van der Waals surface area contributed by atoms with E-state index in [0.717, 1.165) is 6.42 Å². The van der Waals surface area contributed by atoms with Crippen LogP contribution in [0, 0.1) is 11.3 Å². The van der Waals surface area contributed by atoms with Crippen LogP contribution in [-0.2, 0) is 4.74 Å². The molecule has 1 aliphatic heterocycles. The van der Waals surface area contributed by atoms with Crippen molar-refractivity contribution in [2.45, 2.75) is 25.0 Å². The van der Waals surface area contributed by atoms with Crippen LogP contribution in [-0.4, -0.2) is 18.2 Å². The van der Waals surface area contributed by atoms with Crippen LogP contribution in [0.25, 0.3) is 0 Å². The predicted molar refractivity (Wildman–Crippen MR) is 32.6 cm³/mol. The molecule has 0 spiro atoms. The Morgan fingerprint density at radius 2 is 2.56 bits per heavy atom. The molecular formula is C6H10N2O. The summed E-state index contributed by atoms with van der Waals surface area (Å²) in [5, 5.41) is 8.50. The van der Waals surface area contributed by atoms with E-state index < -0.39 is 5.60 Å². The van der Waals surface area contributed by atoms with Gasteiger partial charge >= 0.3 is 0 Å². The fourth-order valence-electron chi connectivity index (χ4n) is 0.956. The molecule has 9 heavy (non-hydrogen) atoms. The highest BCUT2D eigenvalue weighted by molar-refractivity contribution is 5.18. The van der Waals surface area contributed by atoms with Crippen LogP contribution in [0.15, 0.2) is 0 Å². The minimum Gasteiger partial charge on any atom is -0.349 e. The Hall–Kier alpha value is -0.590. The smallest absolute Gasteiger partial charge is 0.192 e. The SMILES string of the molecule is CCC1OC1(C#N)CN. The number of hydrogen-bond acceptors (Lipinski definition) is 3. The molecule has 0 radical (unpaired) electrons. The number of epoxide rings is 1. The third kappa shape index (κ3) is 0.805. The molecular weight excluding hydrogens is 116 g/mol. The Balaban J connectivity index is 2.50. The minimum atomic E-state index is -0.616. The van der Waals surface area contributed by atoms with Crippen molar-refractivity contribution in [2.75, 3.05) is 6.54 Å². The van der Waals surface area contributed by atoms with Gasteiger partial charge in [0.2, 0.25) is 0 Å². The lowest BCUT2D eigenvalue weighted by atomic mass is 10.1. The van der Waals surface area contributed by atoms with Gasteiger partial charge in [0.25, 0.3) is 0 Å². The van der Waals surface area contributed by atoms with E-state index in [4.69, 9.17) is 15.7 Å². The first-order valence-electron chi connectivity index (χ1n) is 3.08. The molecule has 2 unspecified atom stereocenters. The van der Waals surface area contributed by atoms with E-state index in [-0.39, 0.29) is 6.10 Å². The number of rotatable bonds is 2. The Labute approximate surface area is 54.4 Å². The van der Waals surface area contributed by atoms with Crippen molar-refractivity contribution in [3.05, 3.63) is 0 Å². The molecule has 0 saturated carbocycles. The van der Waals surface area contributed by atoms with Crippen molar-refractivity contribution in [2.24, 2.45) is 5.73 Å². The first kappa shape index (κ1) is 6.53. The topological polar surface area (TPSA) is 62.3 Å². The number of nitrogens with two attached hydrogens (primary N) is 1. The second-order valence-electron chi connectivity index (χ2n) is 2.22. The summed E-state index contributed by atoms with van der Waals surface area (Å²) in [6.07, 6.45) is 0.970. The molecule has 0 aromatic carbocycles. The molecule has 1 heterocycles. The van der Waals surface area contributed by atoms with Gasteiger partial charge < -0.3 is 10.5 Å². The Kier molecular flexibility index (Phi) is 1.43. The average molecular weight is 126 g/mol. The van der Waals surface area contributed by atoms with Crippen LogP contribution in [0.5, 0.6) is 0 Å². The van der Waals surface area contributed by atoms with Crippen LogP contribution >= 0.6 is 0 Å². The number of hydrogen-bond donors (Lipinski definition) is 1. The summed E-state index contributed by atoms with van der Waals surface area (Å²) in [6, 6.07) is 2.06. The number of nitrogens with zero attached hydrogens (tertiary/aromatic N) is 1. The van der Waals surface area contributed by atoms with E-state index in [1.807, 2.05) is 6.92 Å². The molecule has 1 rings (SSSR count). The maximum Gasteiger partial charge on any atom is 0.192 e. The molecule has 0 aliphatic carbocycles. The molecule has 0 aromatic rings. The first-order chi connectivity index (χ1) is 4.29. The second-order valence-corrected chi connectivity index (χ2v) is 2.22. The molecule has 50 valence electrons. The van der Waals surface area contributed by atoms with E-state index >= 15 is 0 Å². The van der Waals surface area contributed by atoms with Gasteiger partial charge in [-0.25, -0.2) is 0 Å². The van der Waals surface area contributed by atoms with Gasteiger partial charge in [-0.2, -0.15) is 5.26 Å². The van der Waals surface area contributed by atoms with E-state index in [9.17, 15) is 0 Å². The quantitative estimate of drug-likeness (QED) is 0.530. The van der Waals surface area contributed by atoms with Gasteiger partial charge in [-0.15, -0.1) is 0 Å². The minimum absolute atomic E-state index is 0.0903. The van der Waals surface area contributed by atoms with Crippen LogP contribution in [0.2, 0.25) is 0 Å². The van der Waals surface area contributed by atoms with E-state index in [1.54, 1.807) is 0 Å². The molecule has 3 heteroatoms. The van der Waals surface area contributed by atoms with Gasteiger partial charge in [-0.1, -0.05) is 6.92 Å². The van der Waals surface area contributed by atoms with Crippen molar-refractivity contribution in [3.63, 3.8) is 0 Å². The van der Waals surface area contributed by atoms with Crippen LogP contribution < -0.4 is 5.73 Å². The summed E-state index contributed by atoms with van der Waals surface area (Å²) in [6.45, 7) is 2.31. The highest BCUT2D eigenvalue weighted by atomic mass is 16.6. The Morgan fingerprint density at radius 1 is 1.89 bits per heavy atom. The molecule has 2 atom stereocenters. The van der Waals surface area contributed by atoms with Gasteiger partial charge in [0, 0.05) is 6.54 Å². The summed E-state index contributed by atoms with van der Waals surface area (Å²) in [4.78, 5) is 0. The lowest BCUT2D eigenvalue weighted by molar-refractivity contribution is 0.336. The normalized spacial score (nSPS) is 39.9. The fourth-order valence-corrected chi connectivity index (χ4v) is 0.956. The first-order valence-corrected chi connectivity index (χ1v) is 3.08. The fraction of sp³-hybridized carbons (Fsp3) is 0.833. The maximum absolute atomic E-state index is 8.50. The summed E-state index contributed by atoms with van der Waals surface area (Å²) in [5.41, 5.74) is 4.68. The standard InChI is InChI=1S/C6H10N2O/c1-2-5-6(3-7,4-8)9-5/h5H,2-3,7H2,1H3. The van der Waals surface area contributed by atoms with Crippen molar-refractivity contribution in [1.29, 1.82) is 5.26 Å². The highest BCUT2D eigenvalue weighted by Gasteiger charge is 2.54. The zero-order valence-corrected chi connectivity index (χ0v) is 5.42. The third-order valence-electron chi connectivity index (χ3n) is 1.68. The summed E-state index contributed by atoms with van der Waals surface area (Å²) < 4.78 is 5.07. The molecule has 0 bridgehead atoms. The van der Waals surface area contributed by atoms with Gasteiger partial charge in [0.15, 0.2) is 5.60 Å². The molecule has 1 aliphatic rings. The van der Waals surface area contributed by atoms with Crippen molar-refractivity contribution in [1.82, 2.24) is 0 Å². The van der Waals surface area contributed by atoms with Crippen molar-refractivity contribution in [3.8, 4) is 6.07 Å². The average Bonchev–Trinajstić information content (AvgIpc) is 2.63. The van der Waals surface area contributed by atoms with Crippen LogP contribution in [0.3, 0.4) is 0 Å². The van der Waals surface area contributed by atoms with Gasteiger partial charge in [0.05, 0.1) is 0 Å². The van der Waals surface area contributed by atoms with Gasteiger partial charge in [-0.05, 0) is 6.42 Å². The third-order valence-corrected chi connectivity index (χ3v) is 1.68. The molecule has 0 aromatic heterocycles. The predicted octanol–water partition coefficient (Wildman–Crippen LogP) is 0.0163.